The second-order valence-corrected chi connectivity index (χ2v) is 13.3. The Hall–Kier alpha value is -3.56. The highest BCUT2D eigenvalue weighted by Crippen LogP contribution is 2.30. The van der Waals surface area contributed by atoms with E-state index in [9.17, 15) is 18.0 Å². The molecular weight excluding hydrogens is 586 g/mol. The van der Waals surface area contributed by atoms with Gasteiger partial charge in [0.25, 0.3) is 10.0 Å². The standard InChI is InChI=1S/C33H40ClN3O5S/c1-5-30(33(39)35-27-10-6-7-11-27)36(21-25-9-8-12-28(19-25)42-4)32(38)22-37(31-20-26(34)16-15-24(31)3)43(40,41)29-17-13-23(2)14-18-29/h8-9,12-20,27,30H,5-7,10-11,21-22H2,1-4H3,(H,35,39). The van der Waals surface area contributed by atoms with Crippen LogP contribution in [0.4, 0.5) is 5.69 Å². The molecule has 0 spiro atoms. The van der Waals surface area contributed by atoms with Crippen LogP contribution in [-0.2, 0) is 26.2 Å². The molecule has 2 amide bonds. The minimum absolute atomic E-state index is 0.0515. The van der Waals surface area contributed by atoms with Gasteiger partial charge >= 0.3 is 0 Å². The number of aryl methyl sites for hydroxylation is 2. The molecule has 1 N–H and O–H groups in total. The quantitative estimate of drug-likeness (QED) is 0.265. The van der Waals surface area contributed by atoms with E-state index in [1.807, 2.05) is 32.0 Å². The Bertz CT molecular complexity index is 1540. The minimum Gasteiger partial charge on any atom is -0.497 e. The van der Waals surface area contributed by atoms with Crippen molar-refractivity contribution in [1.29, 1.82) is 0 Å². The summed E-state index contributed by atoms with van der Waals surface area (Å²) in [5, 5.41) is 3.47. The fourth-order valence-electron chi connectivity index (χ4n) is 5.46. The van der Waals surface area contributed by atoms with Crippen LogP contribution < -0.4 is 14.4 Å². The molecule has 0 aliphatic heterocycles. The molecule has 4 rings (SSSR count). The third kappa shape index (κ3) is 7.89. The Kier molecular flexibility index (Phi) is 10.7. The van der Waals surface area contributed by atoms with Crippen molar-refractivity contribution in [3.8, 4) is 5.75 Å². The largest absolute Gasteiger partial charge is 0.497 e. The third-order valence-electron chi connectivity index (χ3n) is 7.90. The lowest BCUT2D eigenvalue weighted by atomic mass is 10.1. The maximum atomic E-state index is 14.3. The summed E-state index contributed by atoms with van der Waals surface area (Å²) in [6.07, 6.45) is 4.28. The number of halogens is 1. The zero-order valence-corrected chi connectivity index (χ0v) is 26.7. The number of carbonyl (C=O) groups is 2. The van der Waals surface area contributed by atoms with Gasteiger partial charge in [0.2, 0.25) is 11.8 Å². The van der Waals surface area contributed by atoms with Crippen LogP contribution in [0.15, 0.2) is 71.6 Å². The first-order valence-electron chi connectivity index (χ1n) is 14.6. The number of sulfonamides is 1. The molecule has 1 aliphatic rings. The van der Waals surface area contributed by atoms with Gasteiger partial charge in [0, 0.05) is 17.6 Å². The minimum atomic E-state index is -4.19. The number of ether oxygens (including phenoxy) is 1. The number of nitrogens with one attached hydrogen (secondary N) is 1. The number of nitrogens with zero attached hydrogens (tertiary/aromatic N) is 2. The zero-order chi connectivity index (χ0) is 31.1. The van der Waals surface area contributed by atoms with Crippen LogP contribution in [0.25, 0.3) is 0 Å². The normalized spacial score (nSPS) is 14.3. The Morgan fingerprint density at radius 1 is 1.02 bits per heavy atom. The highest BCUT2D eigenvalue weighted by molar-refractivity contribution is 7.92. The fraction of sp³-hybridized carbons (Fsp3) is 0.394. The molecule has 8 nitrogen and oxygen atoms in total. The number of benzene rings is 3. The summed E-state index contributed by atoms with van der Waals surface area (Å²) in [5.41, 5.74) is 2.60. The molecular formula is C33H40ClN3O5S. The maximum absolute atomic E-state index is 14.3. The van der Waals surface area contributed by atoms with Crippen molar-refractivity contribution in [2.24, 2.45) is 0 Å². The predicted octanol–water partition coefficient (Wildman–Crippen LogP) is 6.03. The maximum Gasteiger partial charge on any atom is 0.264 e. The summed E-state index contributed by atoms with van der Waals surface area (Å²) in [4.78, 5) is 29.5. The van der Waals surface area contributed by atoms with Gasteiger partial charge in [0.1, 0.15) is 18.3 Å². The topological polar surface area (TPSA) is 96.0 Å². The summed E-state index contributed by atoms with van der Waals surface area (Å²) < 4.78 is 34.7. The molecule has 0 bridgehead atoms. The molecule has 3 aromatic rings. The van der Waals surface area contributed by atoms with Crippen molar-refractivity contribution in [3.05, 3.63) is 88.4 Å². The molecule has 1 aliphatic carbocycles. The summed E-state index contributed by atoms with van der Waals surface area (Å²) in [6.45, 7) is 5.07. The third-order valence-corrected chi connectivity index (χ3v) is 9.91. The summed E-state index contributed by atoms with van der Waals surface area (Å²) in [5.74, 6) is -0.129. The van der Waals surface area contributed by atoms with Crippen LogP contribution >= 0.6 is 11.6 Å². The molecule has 43 heavy (non-hydrogen) atoms. The van der Waals surface area contributed by atoms with Crippen LogP contribution in [-0.4, -0.2) is 50.9 Å². The first-order valence-corrected chi connectivity index (χ1v) is 16.4. The number of anilines is 1. The summed E-state index contributed by atoms with van der Waals surface area (Å²) >= 11 is 6.33. The molecule has 1 saturated carbocycles. The van der Waals surface area contributed by atoms with Crippen molar-refractivity contribution in [2.75, 3.05) is 18.0 Å². The fourth-order valence-corrected chi connectivity index (χ4v) is 7.09. The zero-order valence-electron chi connectivity index (χ0n) is 25.2. The van der Waals surface area contributed by atoms with E-state index in [0.29, 0.717) is 28.4 Å². The van der Waals surface area contributed by atoms with Gasteiger partial charge < -0.3 is 15.0 Å². The first-order chi connectivity index (χ1) is 20.5. The monoisotopic (exact) mass is 625 g/mol. The number of methoxy groups -OCH3 is 1. The first kappa shape index (κ1) is 32.4. The van der Waals surface area contributed by atoms with Crippen LogP contribution in [0.1, 0.15) is 55.7 Å². The van der Waals surface area contributed by atoms with E-state index in [4.69, 9.17) is 16.3 Å². The van der Waals surface area contributed by atoms with Gasteiger partial charge in [0.05, 0.1) is 17.7 Å². The Morgan fingerprint density at radius 3 is 2.37 bits per heavy atom. The number of hydrogen-bond donors (Lipinski definition) is 1. The van der Waals surface area contributed by atoms with Gasteiger partial charge in [-0.3, -0.25) is 13.9 Å². The smallest absolute Gasteiger partial charge is 0.264 e. The van der Waals surface area contributed by atoms with Crippen molar-refractivity contribution in [3.63, 3.8) is 0 Å². The lowest BCUT2D eigenvalue weighted by Crippen LogP contribution is -2.53. The highest BCUT2D eigenvalue weighted by atomic mass is 35.5. The van der Waals surface area contributed by atoms with Gasteiger partial charge in [-0.1, -0.05) is 67.3 Å². The summed E-state index contributed by atoms with van der Waals surface area (Å²) in [7, 11) is -2.62. The average molecular weight is 626 g/mol. The Morgan fingerprint density at radius 2 is 1.72 bits per heavy atom. The number of amides is 2. The molecule has 1 fully saturated rings. The second kappa shape index (κ2) is 14.3. The van der Waals surface area contributed by atoms with Gasteiger partial charge in [0.15, 0.2) is 0 Å². The number of hydrogen-bond acceptors (Lipinski definition) is 5. The van der Waals surface area contributed by atoms with Crippen molar-refractivity contribution in [2.45, 2.75) is 76.4 Å². The molecule has 10 heteroatoms. The van der Waals surface area contributed by atoms with Crippen molar-refractivity contribution >= 4 is 39.1 Å². The second-order valence-electron chi connectivity index (χ2n) is 11.0. The van der Waals surface area contributed by atoms with E-state index in [1.54, 1.807) is 50.4 Å². The lowest BCUT2D eigenvalue weighted by Gasteiger charge is -2.34. The number of rotatable bonds is 12. The molecule has 0 saturated heterocycles. The molecule has 0 aromatic heterocycles. The van der Waals surface area contributed by atoms with Gasteiger partial charge in [-0.2, -0.15) is 0 Å². The molecule has 3 aromatic carbocycles. The SMILES string of the molecule is CCC(C(=O)NC1CCCC1)N(Cc1cccc(OC)c1)C(=O)CN(c1cc(Cl)ccc1C)S(=O)(=O)c1ccc(C)cc1. The van der Waals surface area contributed by atoms with Crippen molar-refractivity contribution < 1.29 is 22.7 Å². The van der Waals surface area contributed by atoms with Gasteiger partial charge in [-0.15, -0.1) is 0 Å². The van der Waals surface area contributed by atoms with Crippen LogP contribution in [0, 0.1) is 13.8 Å². The van der Waals surface area contributed by atoms with E-state index in [0.717, 1.165) is 41.1 Å². The average Bonchev–Trinajstić information content (AvgIpc) is 3.50. The van der Waals surface area contributed by atoms with E-state index in [2.05, 4.69) is 5.32 Å². The van der Waals surface area contributed by atoms with Gasteiger partial charge in [-0.25, -0.2) is 8.42 Å². The van der Waals surface area contributed by atoms with Crippen LogP contribution in [0.3, 0.4) is 0 Å². The Balaban J connectivity index is 1.75. The van der Waals surface area contributed by atoms with Crippen LogP contribution in [0.2, 0.25) is 5.02 Å². The molecule has 1 unspecified atom stereocenters. The van der Waals surface area contributed by atoms with Crippen molar-refractivity contribution in [1.82, 2.24) is 10.2 Å². The van der Waals surface area contributed by atoms with Crippen LogP contribution in [0.5, 0.6) is 5.75 Å². The van der Waals surface area contributed by atoms with Gasteiger partial charge in [-0.05, 0) is 80.6 Å². The molecule has 1 atom stereocenters. The highest BCUT2D eigenvalue weighted by Gasteiger charge is 2.35. The van der Waals surface area contributed by atoms with E-state index >= 15 is 0 Å². The summed E-state index contributed by atoms with van der Waals surface area (Å²) in [6, 6.07) is 18.0. The van der Waals surface area contributed by atoms with E-state index in [1.165, 1.54) is 17.0 Å². The molecule has 0 heterocycles. The lowest BCUT2D eigenvalue weighted by molar-refractivity contribution is -0.140. The predicted molar refractivity (Wildman–Crippen MR) is 170 cm³/mol. The number of carbonyl (C=O) groups excluding carboxylic acids is 2. The molecule has 0 radical (unpaired) electrons. The van der Waals surface area contributed by atoms with E-state index < -0.39 is 28.5 Å². The molecule has 230 valence electrons. The van der Waals surface area contributed by atoms with E-state index in [-0.39, 0.29) is 23.4 Å². The Labute approximate surface area is 260 Å².